The molecule has 27 heavy (non-hydrogen) atoms. The molecule has 6 nitrogen and oxygen atoms in total. The Balaban J connectivity index is 1.74. The lowest BCUT2D eigenvalue weighted by Crippen LogP contribution is -2.11. The number of benzene rings is 1. The first-order valence-electron chi connectivity index (χ1n) is 8.99. The molecule has 0 aliphatic rings. The molecule has 7 heteroatoms. The van der Waals surface area contributed by atoms with Crippen LogP contribution in [0.4, 0.5) is 17.3 Å². The topological polar surface area (TPSA) is 79.8 Å². The van der Waals surface area contributed by atoms with Crippen molar-refractivity contribution in [1.82, 2.24) is 15.0 Å². The van der Waals surface area contributed by atoms with Crippen molar-refractivity contribution in [1.29, 1.82) is 0 Å². The van der Waals surface area contributed by atoms with E-state index in [1.807, 2.05) is 44.2 Å². The second-order valence-corrected chi connectivity index (χ2v) is 7.47. The van der Waals surface area contributed by atoms with Gasteiger partial charge in [0, 0.05) is 24.0 Å². The van der Waals surface area contributed by atoms with Crippen LogP contribution in [0.1, 0.15) is 36.9 Å². The second-order valence-electron chi connectivity index (χ2n) is 6.27. The molecule has 0 radical (unpaired) electrons. The van der Waals surface area contributed by atoms with Crippen molar-refractivity contribution >= 4 is 34.6 Å². The van der Waals surface area contributed by atoms with Crippen LogP contribution >= 0.6 is 11.3 Å². The molecular formula is C20H23N5OS. The van der Waals surface area contributed by atoms with Gasteiger partial charge < -0.3 is 10.6 Å². The van der Waals surface area contributed by atoms with Crippen molar-refractivity contribution in [2.75, 3.05) is 10.6 Å². The third-order valence-electron chi connectivity index (χ3n) is 3.95. The van der Waals surface area contributed by atoms with Gasteiger partial charge in [-0.2, -0.15) is 0 Å². The number of carbonyl (C=O) groups excluding carboxylic acids is 1. The molecule has 2 N–H and O–H groups in total. The summed E-state index contributed by atoms with van der Waals surface area (Å²) in [7, 11) is 0. The highest BCUT2D eigenvalue weighted by Gasteiger charge is 2.10. The Morgan fingerprint density at radius 3 is 2.70 bits per heavy atom. The highest BCUT2D eigenvalue weighted by molar-refractivity contribution is 7.15. The lowest BCUT2D eigenvalue weighted by Gasteiger charge is -2.09. The maximum atomic E-state index is 11.9. The Kier molecular flexibility index (Phi) is 6.13. The molecule has 0 spiro atoms. The molecule has 2 heterocycles. The molecule has 0 aliphatic heterocycles. The summed E-state index contributed by atoms with van der Waals surface area (Å²) in [6.07, 6.45) is 4.16. The van der Waals surface area contributed by atoms with Crippen LogP contribution in [0.15, 0.2) is 36.5 Å². The Bertz CT molecular complexity index is 938. The minimum absolute atomic E-state index is 0.0308. The molecule has 0 bridgehead atoms. The second kappa shape index (κ2) is 8.73. The van der Waals surface area contributed by atoms with E-state index in [2.05, 4.69) is 32.5 Å². The smallest absolute Gasteiger partial charge is 0.227 e. The standard InChI is InChI=1S/C20H23N5OS/c1-4-5-9-18(26)23-15-7-6-8-16(12-15)24-20-21-11-10-17(25-20)19-13(2)22-14(3)27-19/h6-8,10-12H,4-5,9H2,1-3H3,(H,23,26)(H,21,24,25). The summed E-state index contributed by atoms with van der Waals surface area (Å²) in [5.41, 5.74) is 3.39. The van der Waals surface area contributed by atoms with Crippen molar-refractivity contribution in [3.63, 3.8) is 0 Å². The van der Waals surface area contributed by atoms with E-state index in [4.69, 9.17) is 0 Å². The van der Waals surface area contributed by atoms with E-state index >= 15 is 0 Å². The summed E-state index contributed by atoms with van der Waals surface area (Å²) in [5, 5.41) is 7.15. The number of unbranched alkanes of at least 4 members (excludes halogenated alkanes) is 1. The average Bonchev–Trinajstić information content (AvgIpc) is 2.99. The van der Waals surface area contributed by atoms with Crippen LogP contribution in [-0.2, 0) is 4.79 Å². The van der Waals surface area contributed by atoms with Crippen molar-refractivity contribution < 1.29 is 4.79 Å². The summed E-state index contributed by atoms with van der Waals surface area (Å²) in [6.45, 7) is 6.04. The van der Waals surface area contributed by atoms with Crippen LogP contribution in [0.3, 0.4) is 0 Å². The van der Waals surface area contributed by atoms with E-state index in [1.165, 1.54) is 0 Å². The van der Waals surface area contributed by atoms with E-state index in [9.17, 15) is 4.79 Å². The molecule has 0 atom stereocenters. The molecule has 0 saturated carbocycles. The lowest BCUT2D eigenvalue weighted by molar-refractivity contribution is -0.116. The number of anilines is 3. The molecule has 0 aliphatic carbocycles. The van der Waals surface area contributed by atoms with E-state index < -0.39 is 0 Å². The Hall–Kier alpha value is -2.80. The fourth-order valence-corrected chi connectivity index (χ4v) is 3.57. The number of nitrogens with zero attached hydrogens (tertiary/aromatic N) is 3. The maximum absolute atomic E-state index is 11.9. The molecule has 1 aromatic carbocycles. The number of carbonyl (C=O) groups is 1. The SMILES string of the molecule is CCCCC(=O)Nc1cccc(Nc2nccc(-c3sc(C)nc3C)n2)c1. The molecule has 0 fully saturated rings. The minimum Gasteiger partial charge on any atom is -0.326 e. The van der Waals surface area contributed by atoms with Gasteiger partial charge in [0.1, 0.15) is 0 Å². The van der Waals surface area contributed by atoms with E-state index in [-0.39, 0.29) is 5.91 Å². The predicted molar refractivity (Wildman–Crippen MR) is 110 cm³/mol. The maximum Gasteiger partial charge on any atom is 0.227 e. The van der Waals surface area contributed by atoms with Crippen LogP contribution in [0, 0.1) is 13.8 Å². The highest BCUT2D eigenvalue weighted by atomic mass is 32.1. The zero-order valence-electron chi connectivity index (χ0n) is 15.7. The van der Waals surface area contributed by atoms with E-state index in [0.29, 0.717) is 12.4 Å². The molecule has 3 rings (SSSR count). The van der Waals surface area contributed by atoms with Gasteiger partial charge in [0.15, 0.2) is 0 Å². The summed E-state index contributed by atoms with van der Waals surface area (Å²) in [4.78, 5) is 26.3. The molecule has 140 valence electrons. The monoisotopic (exact) mass is 381 g/mol. The molecule has 2 aromatic heterocycles. The predicted octanol–water partition coefficient (Wildman–Crippen LogP) is 5.09. The Labute approximate surface area is 163 Å². The first-order valence-corrected chi connectivity index (χ1v) is 9.81. The van der Waals surface area contributed by atoms with Gasteiger partial charge in [0.05, 0.1) is 21.3 Å². The molecule has 3 aromatic rings. The number of aryl methyl sites for hydroxylation is 2. The first kappa shape index (κ1) is 19.0. The molecule has 1 amide bonds. The van der Waals surface area contributed by atoms with Gasteiger partial charge in [0.2, 0.25) is 11.9 Å². The van der Waals surface area contributed by atoms with Gasteiger partial charge in [-0.1, -0.05) is 19.4 Å². The summed E-state index contributed by atoms with van der Waals surface area (Å²) < 4.78 is 0. The molecular weight excluding hydrogens is 358 g/mol. The van der Waals surface area contributed by atoms with Crippen molar-refractivity contribution in [2.45, 2.75) is 40.0 Å². The van der Waals surface area contributed by atoms with Gasteiger partial charge in [-0.25, -0.2) is 15.0 Å². The van der Waals surface area contributed by atoms with Gasteiger partial charge in [-0.3, -0.25) is 4.79 Å². The number of hydrogen-bond donors (Lipinski definition) is 2. The molecule has 0 saturated heterocycles. The van der Waals surface area contributed by atoms with Gasteiger partial charge in [-0.05, 0) is 44.5 Å². The van der Waals surface area contributed by atoms with E-state index in [1.54, 1.807) is 17.5 Å². The normalized spacial score (nSPS) is 10.6. The fraction of sp³-hybridized carbons (Fsp3) is 0.300. The quantitative estimate of drug-likeness (QED) is 0.596. The fourth-order valence-electron chi connectivity index (χ4n) is 2.68. The number of hydrogen-bond acceptors (Lipinski definition) is 6. The molecule has 0 unspecified atom stereocenters. The van der Waals surface area contributed by atoms with Crippen LogP contribution < -0.4 is 10.6 Å². The Morgan fingerprint density at radius 2 is 1.96 bits per heavy atom. The highest BCUT2D eigenvalue weighted by Crippen LogP contribution is 2.29. The van der Waals surface area contributed by atoms with Crippen molar-refractivity contribution in [2.24, 2.45) is 0 Å². The minimum atomic E-state index is 0.0308. The third kappa shape index (κ3) is 5.10. The van der Waals surface area contributed by atoms with Crippen LogP contribution in [0.5, 0.6) is 0 Å². The van der Waals surface area contributed by atoms with Gasteiger partial charge >= 0.3 is 0 Å². The number of thiazole rings is 1. The summed E-state index contributed by atoms with van der Waals surface area (Å²) >= 11 is 1.62. The Morgan fingerprint density at radius 1 is 1.15 bits per heavy atom. The summed E-state index contributed by atoms with van der Waals surface area (Å²) in [5.74, 6) is 0.538. The van der Waals surface area contributed by atoms with Gasteiger partial charge in [0.25, 0.3) is 0 Å². The third-order valence-corrected chi connectivity index (χ3v) is 5.05. The number of amides is 1. The zero-order valence-corrected chi connectivity index (χ0v) is 16.6. The number of nitrogens with one attached hydrogen (secondary N) is 2. The first-order chi connectivity index (χ1) is 13.0. The largest absolute Gasteiger partial charge is 0.326 e. The van der Waals surface area contributed by atoms with Crippen molar-refractivity contribution in [3.8, 4) is 10.6 Å². The zero-order chi connectivity index (χ0) is 19.2. The van der Waals surface area contributed by atoms with Crippen LogP contribution in [0.2, 0.25) is 0 Å². The van der Waals surface area contributed by atoms with Crippen molar-refractivity contribution in [3.05, 3.63) is 47.2 Å². The number of aromatic nitrogens is 3. The van der Waals surface area contributed by atoms with Gasteiger partial charge in [-0.15, -0.1) is 11.3 Å². The van der Waals surface area contributed by atoms with Crippen LogP contribution in [0.25, 0.3) is 10.6 Å². The average molecular weight is 382 g/mol. The summed E-state index contributed by atoms with van der Waals surface area (Å²) in [6, 6.07) is 9.44. The van der Waals surface area contributed by atoms with Crippen LogP contribution in [-0.4, -0.2) is 20.9 Å². The van der Waals surface area contributed by atoms with E-state index in [0.717, 1.165) is 45.5 Å². The lowest BCUT2D eigenvalue weighted by atomic mass is 10.2. The number of rotatable bonds is 7.